The monoisotopic (exact) mass is 211 g/mol. The van der Waals surface area contributed by atoms with E-state index in [0.717, 1.165) is 0 Å². The second kappa shape index (κ2) is 4.27. The number of nitrogens with zero attached hydrogens (tertiary/aromatic N) is 1. The molecule has 5 nitrogen and oxygen atoms in total. The molecule has 0 saturated heterocycles. The minimum atomic E-state index is -0.684. The smallest absolute Gasteiger partial charge is 0.269 e. The lowest BCUT2D eigenvalue weighted by Gasteiger charge is -2.23. The SMILES string of the molecule is CC(C)(CO)Oc1ccc([N+](=O)[O-])cc1. The summed E-state index contributed by atoms with van der Waals surface area (Å²) < 4.78 is 5.41. The molecule has 1 rings (SSSR count). The highest BCUT2D eigenvalue weighted by Crippen LogP contribution is 2.21. The van der Waals surface area contributed by atoms with Crippen molar-refractivity contribution in [1.82, 2.24) is 0 Å². The molecule has 0 saturated carbocycles. The van der Waals surface area contributed by atoms with Gasteiger partial charge in [0.25, 0.3) is 5.69 Å². The molecule has 0 aliphatic carbocycles. The summed E-state index contributed by atoms with van der Waals surface area (Å²) in [5.41, 5.74) is -0.667. The van der Waals surface area contributed by atoms with E-state index in [9.17, 15) is 10.1 Å². The number of hydrogen-bond acceptors (Lipinski definition) is 4. The number of ether oxygens (including phenoxy) is 1. The van der Waals surface area contributed by atoms with E-state index in [0.29, 0.717) is 5.75 Å². The molecular formula is C10H13NO4. The molecule has 0 aliphatic rings. The predicted octanol–water partition coefficient (Wildman–Crippen LogP) is 1.74. The summed E-state index contributed by atoms with van der Waals surface area (Å²) in [6.45, 7) is 3.34. The Kier molecular flexibility index (Phi) is 3.26. The molecule has 1 aromatic rings. The number of hydrogen-bond donors (Lipinski definition) is 1. The van der Waals surface area contributed by atoms with Gasteiger partial charge in [-0.15, -0.1) is 0 Å². The Balaban J connectivity index is 2.77. The number of rotatable bonds is 4. The molecule has 0 amide bonds. The molecule has 0 heterocycles. The first-order chi connectivity index (χ1) is 6.94. The van der Waals surface area contributed by atoms with Crippen molar-refractivity contribution in [3.05, 3.63) is 34.4 Å². The zero-order valence-corrected chi connectivity index (χ0v) is 8.64. The molecule has 82 valence electrons. The van der Waals surface area contributed by atoms with Crippen LogP contribution in [-0.2, 0) is 0 Å². The number of nitro benzene ring substituents is 1. The Bertz CT molecular complexity index is 345. The van der Waals surface area contributed by atoms with Gasteiger partial charge in [0.2, 0.25) is 0 Å². The lowest BCUT2D eigenvalue weighted by molar-refractivity contribution is -0.384. The van der Waals surface area contributed by atoms with Crippen molar-refractivity contribution >= 4 is 5.69 Å². The molecule has 1 aromatic carbocycles. The van der Waals surface area contributed by atoms with Gasteiger partial charge >= 0.3 is 0 Å². The van der Waals surface area contributed by atoms with Gasteiger partial charge in [0, 0.05) is 12.1 Å². The van der Waals surface area contributed by atoms with Crippen LogP contribution in [0.15, 0.2) is 24.3 Å². The van der Waals surface area contributed by atoms with Crippen LogP contribution >= 0.6 is 0 Å². The summed E-state index contributed by atoms with van der Waals surface area (Å²) in [4.78, 5) is 9.91. The molecule has 0 aromatic heterocycles. The summed E-state index contributed by atoms with van der Waals surface area (Å²) in [6.07, 6.45) is 0. The second-order valence-electron chi connectivity index (χ2n) is 3.77. The van der Waals surface area contributed by atoms with Gasteiger partial charge in [-0.3, -0.25) is 10.1 Å². The fraction of sp³-hybridized carbons (Fsp3) is 0.400. The van der Waals surface area contributed by atoms with Crippen LogP contribution < -0.4 is 4.74 Å². The molecule has 0 spiro atoms. The number of nitro groups is 1. The molecule has 0 bridgehead atoms. The zero-order chi connectivity index (χ0) is 11.5. The van der Waals surface area contributed by atoms with Crippen LogP contribution in [0.3, 0.4) is 0 Å². The average Bonchev–Trinajstić information content (AvgIpc) is 2.18. The van der Waals surface area contributed by atoms with Gasteiger partial charge < -0.3 is 9.84 Å². The third-order valence-corrected chi connectivity index (χ3v) is 1.82. The highest BCUT2D eigenvalue weighted by atomic mass is 16.6. The van der Waals surface area contributed by atoms with Crippen molar-refractivity contribution in [3.8, 4) is 5.75 Å². The Morgan fingerprint density at radius 2 is 1.93 bits per heavy atom. The van der Waals surface area contributed by atoms with Crippen molar-refractivity contribution in [3.63, 3.8) is 0 Å². The number of aliphatic hydroxyl groups is 1. The summed E-state index contributed by atoms with van der Waals surface area (Å²) >= 11 is 0. The van der Waals surface area contributed by atoms with Gasteiger partial charge in [-0.1, -0.05) is 0 Å². The van der Waals surface area contributed by atoms with E-state index in [-0.39, 0.29) is 12.3 Å². The quantitative estimate of drug-likeness (QED) is 0.608. The largest absolute Gasteiger partial charge is 0.485 e. The summed E-state index contributed by atoms with van der Waals surface area (Å²) in [5.74, 6) is 0.500. The number of aliphatic hydroxyl groups excluding tert-OH is 1. The van der Waals surface area contributed by atoms with Crippen molar-refractivity contribution in [2.24, 2.45) is 0 Å². The number of benzene rings is 1. The molecule has 0 atom stereocenters. The predicted molar refractivity (Wildman–Crippen MR) is 54.9 cm³/mol. The fourth-order valence-electron chi connectivity index (χ4n) is 0.987. The Morgan fingerprint density at radius 1 is 1.40 bits per heavy atom. The van der Waals surface area contributed by atoms with Crippen LogP contribution in [0.5, 0.6) is 5.75 Å². The molecular weight excluding hydrogens is 198 g/mol. The van der Waals surface area contributed by atoms with Gasteiger partial charge in [-0.2, -0.15) is 0 Å². The van der Waals surface area contributed by atoms with E-state index in [1.165, 1.54) is 24.3 Å². The average molecular weight is 211 g/mol. The van der Waals surface area contributed by atoms with Crippen LogP contribution in [0.4, 0.5) is 5.69 Å². The van der Waals surface area contributed by atoms with Crippen LogP contribution in [0, 0.1) is 10.1 Å². The molecule has 15 heavy (non-hydrogen) atoms. The Hall–Kier alpha value is -1.62. The van der Waals surface area contributed by atoms with Crippen molar-refractivity contribution < 1.29 is 14.8 Å². The van der Waals surface area contributed by atoms with E-state index in [4.69, 9.17) is 9.84 Å². The van der Waals surface area contributed by atoms with Gasteiger partial charge in [0.05, 0.1) is 11.5 Å². The first-order valence-electron chi connectivity index (χ1n) is 4.49. The van der Waals surface area contributed by atoms with Crippen molar-refractivity contribution in [1.29, 1.82) is 0 Å². The lowest BCUT2D eigenvalue weighted by Crippen LogP contribution is -2.32. The minimum Gasteiger partial charge on any atom is -0.485 e. The first kappa shape index (κ1) is 11.5. The van der Waals surface area contributed by atoms with E-state index in [1.54, 1.807) is 13.8 Å². The molecule has 0 fully saturated rings. The second-order valence-corrected chi connectivity index (χ2v) is 3.77. The molecule has 0 unspecified atom stereocenters. The highest BCUT2D eigenvalue weighted by molar-refractivity contribution is 5.36. The molecule has 1 N–H and O–H groups in total. The summed E-state index contributed by atoms with van der Waals surface area (Å²) in [7, 11) is 0. The standard InChI is InChI=1S/C10H13NO4/c1-10(2,7-12)15-9-5-3-8(4-6-9)11(13)14/h3-6,12H,7H2,1-2H3. The van der Waals surface area contributed by atoms with Crippen molar-refractivity contribution in [2.45, 2.75) is 19.4 Å². The van der Waals surface area contributed by atoms with Gasteiger partial charge in [0.1, 0.15) is 11.4 Å². The van der Waals surface area contributed by atoms with Crippen LogP contribution in [-0.4, -0.2) is 22.2 Å². The minimum absolute atomic E-state index is 0.0177. The maximum Gasteiger partial charge on any atom is 0.269 e. The maximum atomic E-state index is 10.4. The van der Waals surface area contributed by atoms with Crippen LogP contribution in [0.1, 0.15) is 13.8 Å². The van der Waals surface area contributed by atoms with E-state index < -0.39 is 10.5 Å². The number of non-ortho nitro benzene ring substituents is 1. The van der Waals surface area contributed by atoms with E-state index in [2.05, 4.69) is 0 Å². The summed E-state index contributed by atoms with van der Waals surface area (Å²) in [6, 6.07) is 5.75. The van der Waals surface area contributed by atoms with Gasteiger partial charge in [0.15, 0.2) is 0 Å². The Morgan fingerprint density at radius 3 is 2.33 bits per heavy atom. The van der Waals surface area contributed by atoms with E-state index in [1.807, 2.05) is 0 Å². The third-order valence-electron chi connectivity index (χ3n) is 1.82. The molecule has 5 heteroatoms. The third kappa shape index (κ3) is 3.21. The maximum absolute atomic E-state index is 10.4. The van der Waals surface area contributed by atoms with Crippen LogP contribution in [0.2, 0.25) is 0 Å². The Labute approximate surface area is 87.5 Å². The molecule has 0 radical (unpaired) electrons. The van der Waals surface area contributed by atoms with Crippen molar-refractivity contribution in [2.75, 3.05) is 6.61 Å². The highest BCUT2D eigenvalue weighted by Gasteiger charge is 2.18. The van der Waals surface area contributed by atoms with Crippen LogP contribution in [0.25, 0.3) is 0 Å². The zero-order valence-electron chi connectivity index (χ0n) is 8.64. The fourth-order valence-corrected chi connectivity index (χ4v) is 0.987. The van der Waals surface area contributed by atoms with Gasteiger partial charge in [-0.05, 0) is 26.0 Å². The lowest BCUT2D eigenvalue weighted by atomic mass is 10.1. The van der Waals surface area contributed by atoms with E-state index >= 15 is 0 Å². The molecule has 0 aliphatic heterocycles. The topological polar surface area (TPSA) is 72.6 Å². The normalized spacial score (nSPS) is 11.1. The summed E-state index contributed by atoms with van der Waals surface area (Å²) in [5, 5.41) is 19.3. The van der Waals surface area contributed by atoms with Gasteiger partial charge in [-0.25, -0.2) is 0 Å². The first-order valence-corrected chi connectivity index (χ1v) is 4.49.